The van der Waals surface area contributed by atoms with Gasteiger partial charge in [-0.2, -0.15) is 13.2 Å². The Morgan fingerprint density at radius 2 is 1.60 bits per heavy atom. The number of hydrogen-bond donors (Lipinski definition) is 1. The van der Waals surface area contributed by atoms with Gasteiger partial charge in [-0.25, -0.2) is 4.98 Å². The molecule has 30 heavy (non-hydrogen) atoms. The first-order valence-electron chi connectivity index (χ1n) is 9.64. The van der Waals surface area contributed by atoms with E-state index >= 15 is 0 Å². The Labute approximate surface area is 172 Å². The minimum atomic E-state index is -4.37. The van der Waals surface area contributed by atoms with Gasteiger partial charge in [-0.3, -0.25) is 4.98 Å². The summed E-state index contributed by atoms with van der Waals surface area (Å²) < 4.78 is 39.0. The highest BCUT2D eigenvalue weighted by molar-refractivity contribution is 5.85. The summed E-state index contributed by atoms with van der Waals surface area (Å²) in [4.78, 5) is 9.06. The maximum Gasteiger partial charge on any atom is 0.416 e. The molecule has 0 radical (unpaired) electrons. The smallest absolute Gasteiger partial charge is 0.385 e. The molecule has 0 spiro atoms. The van der Waals surface area contributed by atoms with Crippen LogP contribution >= 0.6 is 0 Å². The Kier molecular flexibility index (Phi) is 5.16. The van der Waals surface area contributed by atoms with E-state index < -0.39 is 11.7 Å². The zero-order valence-corrected chi connectivity index (χ0v) is 16.6. The van der Waals surface area contributed by atoms with E-state index in [9.17, 15) is 13.2 Å². The maximum atomic E-state index is 13.0. The molecule has 2 heterocycles. The summed E-state index contributed by atoms with van der Waals surface area (Å²) in [6, 6.07) is 17.4. The quantitative estimate of drug-likeness (QED) is 0.408. The van der Waals surface area contributed by atoms with Gasteiger partial charge in [0, 0.05) is 29.4 Å². The largest absolute Gasteiger partial charge is 0.416 e. The van der Waals surface area contributed by atoms with Crippen molar-refractivity contribution >= 4 is 16.6 Å². The van der Waals surface area contributed by atoms with Gasteiger partial charge < -0.3 is 5.32 Å². The summed E-state index contributed by atoms with van der Waals surface area (Å²) in [6.07, 6.45) is -2.59. The highest BCUT2D eigenvalue weighted by atomic mass is 19.4. The minimum Gasteiger partial charge on any atom is -0.385 e. The molecule has 1 N–H and O–H groups in total. The lowest BCUT2D eigenvalue weighted by molar-refractivity contribution is -0.137. The van der Waals surface area contributed by atoms with E-state index in [1.807, 2.05) is 43.3 Å². The van der Waals surface area contributed by atoms with Crippen LogP contribution in [0.5, 0.6) is 0 Å². The van der Waals surface area contributed by atoms with E-state index in [0.717, 1.165) is 41.1 Å². The highest BCUT2D eigenvalue weighted by Gasteiger charge is 2.30. The zero-order valence-electron chi connectivity index (χ0n) is 16.6. The summed E-state index contributed by atoms with van der Waals surface area (Å²) in [5, 5.41) is 3.75. The van der Waals surface area contributed by atoms with E-state index in [1.165, 1.54) is 6.07 Å². The van der Waals surface area contributed by atoms with Gasteiger partial charge in [-0.1, -0.05) is 18.2 Å². The van der Waals surface area contributed by atoms with Crippen molar-refractivity contribution < 1.29 is 13.2 Å². The number of fused-ring (bicyclic) bond motifs is 1. The van der Waals surface area contributed by atoms with E-state index in [2.05, 4.69) is 15.3 Å². The first-order chi connectivity index (χ1) is 14.3. The number of anilines is 1. The molecule has 2 aromatic heterocycles. The van der Waals surface area contributed by atoms with Gasteiger partial charge in [-0.05, 0) is 67.4 Å². The van der Waals surface area contributed by atoms with Crippen molar-refractivity contribution in [2.45, 2.75) is 20.0 Å². The van der Waals surface area contributed by atoms with Crippen LogP contribution in [0.15, 0.2) is 66.9 Å². The fourth-order valence-corrected chi connectivity index (χ4v) is 3.40. The van der Waals surface area contributed by atoms with Gasteiger partial charge in [0.15, 0.2) is 0 Å². The number of halogens is 3. The monoisotopic (exact) mass is 407 g/mol. The molecule has 0 amide bonds. The lowest BCUT2D eigenvalue weighted by Crippen LogP contribution is -2.04. The van der Waals surface area contributed by atoms with Crippen molar-refractivity contribution in [3.05, 3.63) is 78.0 Å². The average molecular weight is 407 g/mol. The van der Waals surface area contributed by atoms with Crippen molar-refractivity contribution in [2.75, 3.05) is 11.9 Å². The maximum absolute atomic E-state index is 13.0. The number of nitrogens with zero attached hydrogens (tertiary/aromatic N) is 2. The number of alkyl halides is 3. The van der Waals surface area contributed by atoms with Crippen molar-refractivity contribution in [2.24, 2.45) is 0 Å². The van der Waals surface area contributed by atoms with E-state index in [1.54, 1.807) is 19.2 Å². The Morgan fingerprint density at radius 1 is 0.867 bits per heavy atom. The second-order valence-corrected chi connectivity index (χ2v) is 7.09. The first-order valence-corrected chi connectivity index (χ1v) is 9.64. The molecule has 6 heteroatoms. The van der Waals surface area contributed by atoms with Crippen LogP contribution in [0.25, 0.3) is 33.4 Å². The standard InChI is InChI=1S/C24H20F3N3/c1-3-28-19-8-4-16(5-9-19)17-6-10-22(29-14-17)23-12-15(2)20-13-18(24(25,26)27)7-11-21(20)30-23/h4-14,28H,3H2,1-2H3. The number of aromatic nitrogens is 2. The molecule has 0 saturated heterocycles. The van der Waals surface area contributed by atoms with Crippen molar-refractivity contribution in [1.82, 2.24) is 9.97 Å². The molecule has 4 rings (SSSR count). The van der Waals surface area contributed by atoms with Crippen LogP contribution in [0.2, 0.25) is 0 Å². The summed E-state index contributed by atoms with van der Waals surface area (Å²) in [7, 11) is 0. The summed E-state index contributed by atoms with van der Waals surface area (Å²) in [5.74, 6) is 0. The SMILES string of the molecule is CCNc1ccc(-c2ccc(-c3cc(C)c4cc(C(F)(F)F)ccc4n3)nc2)cc1. The molecule has 0 aliphatic carbocycles. The van der Waals surface area contributed by atoms with Crippen LogP contribution in [0.4, 0.5) is 18.9 Å². The molecule has 2 aromatic carbocycles. The highest BCUT2D eigenvalue weighted by Crippen LogP contribution is 2.33. The van der Waals surface area contributed by atoms with E-state index in [4.69, 9.17) is 0 Å². The molecular formula is C24H20F3N3. The fraction of sp³-hybridized carbons (Fsp3) is 0.167. The topological polar surface area (TPSA) is 37.8 Å². The Morgan fingerprint density at radius 3 is 2.23 bits per heavy atom. The molecule has 3 nitrogen and oxygen atoms in total. The van der Waals surface area contributed by atoms with Gasteiger partial charge >= 0.3 is 6.18 Å². The van der Waals surface area contributed by atoms with E-state index in [-0.39, 0.29) is 0 Å². The Bertz CT molecular complexity index is 1180. The van der Waals surface area contributed by atoms with Gasteiger partial charge in [0.1, 0.15) is 0 Å². The lowest BCUT2D eigenvalue weighted by atomic mass is 10.0. The molecule has 0 bridgehead atoms. The Balaban J connectivity index is 1.65. The third-order valence-electron chi connectivity index (χ3n) is 4.97. The molecule has 0 aliphatic rings. The predicted molar refractivity (Wildman–Crippen MR) is 114 cm³/mol. The second kappa shape index (κ2) is 7.78. The Hall–Kier alpha value is -3.41. The zero-order chi connectivity index (χ0) is 21.3. The van der Waals surface area contributed by atoms with Gasteiger partial charge in [0.2, 0.25) is 0 Å². The van der Waals surface area contributed by atoms with Crippen LogP contribution in [0.1, 0.15) is 18.1 Å². The molecule has 0 unspecified atom stereocenters. The molecule has 0 aliphatic heterocycles. The third kappa shape index (κ3) is 3.99. The molecule has 0 saturated carbocycles. The lowest BCUT2D eigenvalue weighted by Gasteiger charge is -2.11. The van der Waals surface area contributed by atoms with E-state index in [0.29, 0.717) is 22.3 Å². The number of pyridine rings is 2. The number of aryl methyl sites for hydroxylation is 1. The van der Waals surface area contributed by atoms with Crippen LogP contribution in [-0.2, 0) is 6.18 Å². The molecule has 152 valence electrons. The number of hydrogen-bond acceptors (Lipinski definition) is 3. The van der Waals surface area contributed by atoms with Crippen molar-refractivity contribution in [1.29, 1.82) is 0 Å². The number of rotatable bonds is 4. The first kappa shape index (κ1) is 19.9. The number of benzene rings is 2. The normalized spacial score (nSPS) is 11.6. The molecule has 4 aromatic rings. The van der Waals surface area contributed by atoms with Crippen LogP contribution < -0.4 is 5.32 Å². The predicted octanol–water partition coefficient (Wildman–Crippen LogP) is 6.72. The summed E-state index contributed by atoms with van der Waals surface area (Å²) in [6.45, 7) is 4.70. The van der Waals surface area contributed by atoms with Crippen LogP contribution in [-0.4, -0.2) is 16.5 Å². The fourth-order valence-electron chi connectivity index (χ4n) is 3.40. The third-order valence-corrected chi connectivity index (χ3v) is 4.97. The average Bonchev–Trinajstić information content (AvgIpc) is 2.74. The van der Waals surface area contributed by atoms with Crippen LogP contribution in [0.3, 0.4) is 0 Å². The van der Waals surface area contributed by atoms with Crippen LogP contribution in [0, 0.1) is 6.92 Å². The number of nitrogens with one attached hydrogen (secondary N) is 1. The summed E-state index contributed by atoms with van der Waals surface area (Å²) in [5.41, 5.74) is 4.98. The summed E-state index contributed by atoms with van der Waals surface area (Å²) >= 11 is 0. The minimum absolute atomic E-state index is 0.492. The van der Waals surface area contributed by atoms with Gasteiger partial charge in [0.05, 0.1) is 22.5 Å². The van der Waals surface area contributed by atoms with Gasteiger partial charge in [-0.15, -0.1) is 0 Å². The van der Waals surface area contributed by atoms with Crippen molar-refractivity contribution in [3.63, 3.8) is 0 Å². The molecule has 0 fully saturated rings. The van der Waals surface area contributed by atoms with Gasteiger partial charge in [0.25, 0.3) is 0 Å². The molecule has 0 atom stereocenters. The van der Waals surface area contributed by atoms with Crippen molar-refractivity contribution in [3.8, 4) is 22.5 Å². The molecular weight excluding hydrogens is 387 g/mol. The second-order valence-electron chi connectivity index (χ2n) is 7.09.